The summed E-state index contributed by atoms with van der Waals surface area (Å²) in [5.41, 5.74) is 2.21. The van der Waals surface area contributed by atoms with Crippen molar-refractivity contribution in [1.82, 2.24) is 0 Å². The van der Waals surface area contributed by atoms with Gasteiger partial charge in [0.05, 0.1) is 0 Å². The van der Waals surface area contributed by atoms with Gasteiger partial charge in [-0.1, -0.05) is 106 Å². The summed E-state index contributed by atoms with van der Waals surface area (Å²) in [6.45, 7) is 5.96. The SMILES string of the molecule is C=CCCCCc1ccc(-c2ccc(-c3ccc(C4CCC(C5CCC(CCCCCC)CC5)CC4)c(F)c3F)cc2)c(F)c1F. The second-order valence-electron chi connectivity index (χ2n) is 14.1. The normalized spacial score (nSPS) is 21.8. The van der Waals surface area contributed by atoms with Crippen LogP contribution in [0.3, 0.4) is 0 Å². The van der Waals surface area contributed by atoms with E-state index in [4.69, 9.17) is 0 Å². The van der Waals surface area contributed by atoms with Gasteiger partial charge >= 0.3 is 0 Å². The van der Waals surface area contributed by atoms with Gasteiger partial charge in [0.1, 0.15) is 0 Å². The Balaban J connectivity index is 1.17. The lowest BCUT2D eigenvalue weighted by Gasteiger charge is -2.38. The Morgan fingerprint density at radius 2 is 1.20 bits per heavy atom. The lowest BCUT2D eigenvalue weighted by atomic mass is 9.68. The molecule has 2 saturated carbocycles. The predicted octanol–water partition coefficient (Wildman–Crippen LogP) is 13.5. The van der Waals surface area contributed by atoms with Crippen LogP contribution in [0.25, 0.3) is 22.3 Å². The third-order valence-electron chi connectivity index (χ3n) is 11.1. The van der Waals surface area contributed by atoms with Crippen molar-refractivity contribution in [3.8, 4) is 22.3 Å². The van der Waals surface area contributed by atoms with Gasteiger partial charge < -0.3 is 0 Å². The molecular formula is C42H52F4. The van der Waals surface area contributed by atoms with E-state index in [-0.39, 0.29) is 17.0 Å². The maximum absolute atomic E-state index is 15.5. The van der Waals surface area contributed by atoms with Gasteiger partial charge in [-0.15, -0.1) is 6.58 Å². The zero-order valence-corrected chi connectivity index (χ0v) is 27.7. The average molecular weight is 633 g/mol. The molecule has 3 aromatic carbocycles. The van der Waals surface area contributed by atoms with Crippen molar-refractivity contribution in [1.29, 1.82) is 0 Å². The van der Waals surface area contributed by atoms with E-state index < -0.39 is 23.3 Å². The number of aryl methyl sites for hydroxylation is 1. The molecule has 0 radical (unpaired) electrons. The zero-order valence-electron chi connectivity index (χ0n) is 27.7. The Kier molecular flexibility index (Phi) is 12.6. The van der Waals surface area contributed by atoms with Crippen LogP contribution in [0.5, 0.6) is 0 Å². The standard InChI is InChI=1S/C42H52F4/c1-3-5-7-9-11-29-13-15-30(16-14-29)31-17-19-32(20-18-31)37-27-28-38(42(46)41(37)45)34-23-21-33(22-24-34)36-26-25-35(39(43)40(36)44)12-10-8-6-4-2/h4,21-32H,2-3,5-20H2,1H3. The highest BCUT2D eigenvalue weighted by atomic mass is 19.2. The second kappa shape index (κ2) is 16.8. The van der Waals surface area contributed by atoms with E-state index in [0.29, 0.717) is 28.7 Å². The molecule has 0 nitrogen and oxygen atoms in total. The monoisotopic (exact) mass is 632 g/mol. The summed E-state index contributed by atoms with van der Waals surface area (Å²) in [5, 5.41) is 0. The maximum atomic E-state index is 15.5. The fraction of sp³-hybridized carbons (Fsp3) is 0.524. The summed E-state index contributed by atoms with van der Waals surface area (Å²) in [5.74, 6) is -0.786. The van der Waals surface area contributed by atoms with E-state index in [1.165, 1.54) is 57.8 Å². The number of halogens is 4. The third kappa shape index (κ3) is 8.33. The highest BCUT2D eigenvalue weighted by Gasteiger charge is 2.32. The minimum atomic E-state index is -0.879. The van der Waals surface area contributed by atoms with Gasteiger partial charge in [-0.25, -0.2) is 17.6 Å². The molecule has 5 rings (SSSR count). The van der Waals surface area contributed by atoms with Gasteiger partial charge in [-0.3, -0.25) is 0 Å². The van der Waals surface area contributed by atoms with Gasteiger partial charge in [-0.05, 0) is 110 Å². The first-order valence-corrected chi connectivity index (χ1v) is 18.1. The van der Waals surface area contributed by atoms with E-state index in [1.807, 2.05) is 6.08 Å². The molecule has 0 unspecified atom stereocenters. The van der Waals surface area contributed by atoms with Crippen LogP contribution in [0.15, 0.2) is 61.2 Å². The maximum Gasteiger partial charge on any atom is 0.166 e. The molecule has 0 saturated heterocycles. The van der Waals surface area contributed by atoms with Crippen LogP contribution in [0.4, 0.5) is 17.6 Å². The number of benzene rings is 3. The Hall–Kier alpha value is -2.88. The Bertz CT molecular complexity index is 1410. The zero-order chi connectivity index (χ0) is 32.5. The predicted molar refractivity (Wildman–Crippen MR) is 184 cm³/mol. The van der Waals surface area contributed by atoms with Gasteiger partial charge in [-0.2, -0.15) is 0 Å². The van der Waals surface area contributed by atoms with Gasteiger partial charge in [0.25, 0.3) is 0 Å². The summed E-state index contributed by atoms with van der Waals surface area (Å²) in [7, 11) is 0. The van der Waals surface area contributed by atoms with E-state index in [0.717, 1.165) is 62.7 Å². The number of unbranched alkanes of at least 4 members (excludes halogenated alkanes) is 5. The first kappa shape index (κ1) is 34.5. The Morgan fingerprint density at radius 3 is 1.80 bits per heavy atom. The molecule has 4 heteroatoms. The van der Waals surface area contributed by atoms with Crippen LogP contribution in [-0.2, 0) is 6.42 Å². The van der Waals surface area contributed by atoms with Crippen LogP contribution >= 0.6 is 0 Å². The molecule has 0 atom stereocenters. The van der Waals surface area contributed by atoms with Crippen LogP contribution in [-0.4, -0.2) is 0 Å². The van der Waals surface area contributed by atoms with Crippen LogP contribution in [0.1, 0.15) is 127 Å². The molecule has 2 aliphatic rings. The van der Waals surface area contributed by atoms with Gasteiger partial charge in [0.2, 0.25) is 0 Å². The lowest BCUT2D eigenvalue weighted by molar-refractivity contribution is 0.155. The Morgan fingerprint density at radius 1 is 0.609 bits per heavy atom. The molecule has 3 aromatic rings. The minimum absolute atomic E-state index is 0.0555. The number of allylic oxidation sites excluding steroid dienone is 1. The van der Waals surface area contributed by atoms with E-state index >= 15 is 8.78 Å². The molecule has 248 valence electrons. The quantitative estimate of drug-likeness (QED) is 0.0942. The molecule has 0 aromatic heterocycles. The first-order chi connectivity index (χ1) is 22.4. The summed E-state index contributed by atoms with van der Waals surface area (Å²) in [6, 6.07) is 13.3. The minimum Gasteiger partial charge on any atom is -0.203 e. The van der Waals surface area contributed by atoms with Crippen molar-refractivity contribution in [2.24, 2.45) is 17.8 Å². The van der Waals surface area contributed by atoms with Gasteiger partial charge in [0, 0.05) is 11.1 Å². The van der Waals surface area contributed by atoms with Gasteiger partial charge in [0.15, 0.2) is 23.3 Å². The summed E-state index contributed by atoms with van der Waals surface area (Å²) >= 11 is 0. The van der Waals surface area contributed by atoms with E-state index in [1.54, 1.807) is 48.5 Å². The number of rotatable bonds is 14. The number of hydrogen-bond donors (Lipinski definition) is 0. The highest BCUT2D eigenvalue weighted by molar-refractivity contribution is 5.71. The summed E-state index contributed by atoms with van der Waals surface area (Å²) in [4.78, 5) is 0. The molecular weight excluding hydrogens is 580 g/mol. The van der Waals surface area contributed by atoms with Crippen molar-refractivity contribution in [2.75, 3.05) is 0 Å². The molecule has 0 amide bonds. The molecule has 0 N–H and O–H groups in total. The summed E-state index contributed by atoms with van der Waals surface area (Å²) < 4.78 is 60.8. The van der Waals surface area contributed by atoms with Crippen molar-refractivity contribution in [3.63, 3.8) is 0 Å². The first-order valence-electron chi connectivity index (χ1n) is 18.1. The second-order valence-corrected chi connectivity index (χ2v) is 14.1. The van der Waals surface area contributed by atoms with Crippen molar-refractivity contribution < 1.29 is 17.6 Å². The molecule has 2 aliphatic carbocycles. The van der Waals surface area contributed by atoms with Crippen molar-refractivity contribution >= 4 is 0 Å². The Labute approximate surface area is 274 Å². The van der Waals surface area contributed by atoms with Crippen LogP contribution in [0.2, 0.25) is 0 Å². The summed E-state index contributed by atoms with van der Waals surface area (Å²) in [6.07, 6.45) is 21.1. The van der Waals surface area contributed by atoms with E-state index in [9.17, 15) is 8.78 Å². The fourth-order valence-electron chi connectivity index (χ4n) is 8.25. The largest absolute Gasteiger partial charge is 0.203 e. The van der Waals surface area contributed by atoms with Crippen molar-refractivity contribution in [3.05, 3.63) is 95.6 Å². The number of hydrogen-bond acceptors (Lipinski definition) is 0. The fourth-order valence-corrected chi connectivity index (χ4v) is 8.25. The van der Waals surface area contributed by atoms with Crippen LogP contribution in [0, 0.1) is 41.0 Å². The molecule has 0 spiro atoms. The lowest BCUT2D eigenvalue weighted by Crippen LogP contribution is -2.25. The molecule has 0 bridgehead atoms. The molecule has 0 heterocycles. The topological polar surface area (TPSA) is 0 Å². The molecule has 2 fully saturated rings. The molecule has 0 aliphatic heterocycles. The highest BCUT2D eigenvalue weighted by Crippen LogP contribution is 2.45. The smallest absolute Gasteiger partial charge is 0.166 e. The van der Waals surface area contributed by atoms with Crippen molar-refractivity contribution in [2.45, 2.75) is 122 Å². The average Bonchev–Trinajstić information content (AvgIpc) is 3.09. The van der Waals surface area contributed by atoms with E-state index in [2.05, 4.69) is 13.5 Å². The van der Waals surface area contributed by atoms with Crippen LogP contribution < -0.4 is 0 Å². The molecule has 46 heavy (non-hydrogen) atoms. The third-order valence-corrected chi connectivity index (χ3v) is 11.1.